The van der Waals surface area contributed by atoms with Crippen LogP contribution in [0.25, 0.3) is 0 Å². The molecule has 0 saturated carbocycles. The molecule has 19 heavy (non-hydrogen) atoms. The Hall–Kier alpha value is -2.15. The molecule has 0 spiro atoms. The van der Waals surface area contributed by atoms with Crippen molar-refractivity contribution in [1.82, 2.24) is 15.2 Å². The number of pyridine rings is 1. The summed E-state index contributed by atoms with van der Waals surface area (Å²) in [6.07, 6.45) is 2.13. The fraction of sp³-hybridized carbons (Fsp3) is 0.417. The third-order valence-electron chi connectivity index (χ3n) is 3.41. The van der Waals surface area contributed by atoms with Crippen LogP contribution in [0.3, 0.4) is 0 Å². The number of urea groups is 1. The van der Waals surface area contributed by atoms with Crippen LogP contribution in [0.1, 0.15) is 25.8 Å². The van der Waals surface area contributed by atoms with Crippen LogP contribution in [-0.4, -0.2) is 27.4 Å². The van der Waals surface area contributed by atoms with E-state index in [-0.39, 0.29) is 18.5 Å². The van der Waals surface area contributed by atoms with Crippen LogP contribution in [0.2, 0.25) is 0 Å². The number of hydrogen-bond acceptors (Lipinski definition) is 5. The zero-order chi connectivity index (χ0) is 14.0. The number of imide groups is 1. The van der Waals surface area contributed by atoms with Gasteiger partial charge in [0, 0.05) is 11.8 Å². The Balaban J connectivity index is 2.24. The predicted molar refractivity (Wildman–Crippen MR) is 69.8 cm³/mol. The molecule has 0 bridgehead atoms. The maximum atomic E-state index is 12.2. The first-order valence-corrected chi connectivity index (χ1v) is 6.06. The highest BCUT2D eigenvalue weighted by Gasteiger charge is 2.46. The van der Waals surface area contributed by atoms with E-state index in [2.05, 4.69) is 15.7 Å². The molecule has 1 aromatic rings. The summed E-state index contributed by atoms with van der Waals surface area (Å²) in [5.74, 6) is 5.58. The lowest BCUT2D eigenvalue weighted by molar-refractivity contribution is -0.131. The number of nitrogen functional groups attached to an aromatic ring is 1. The lowest BCUT2D eigenvalue weighted by Crippen LogP contribution is -2.43. The highest BCUT2D eigenvalue weighted by Crippen LogP contribution is 2.23. The molecule has 1 fully saturated rings. The summed E-state index contributed by atoms with van der Waals surface area (Å²) in [5, 5.41) is 2.70. The molecule has 7 nitrogen and oxygen atoms in total. The third kappa shape index (κ3) is 2.24. The molecule has 1 aliphatic rings. The first kappa shape index (κ1) is 13.3. The lowest BCUT2D eigenvalue weighted by Gasteiger charge is -2.19. The summed E-state index contributed by atoms with van der Waals surface area (Å²) in [7, 11) is 0. The minimum absolute atomic E-state index is 0.146. The Morgan fingerprint density at radius 1 is 1.53 bits per heavy atom. The number of nitrogens with one attached hydrogen (secondary N) is 2. The fourth-order valence-electron chi connectivity index (χ4n) is 2.00. The van der Waals surface area contributed by atoms with Crippen LogP contribution in [0.5, 0.6) is 0 Å². The van der Waals surface area contributed by atoms with E-state index in [0.717, 1.165) is 0 Å². The number of anilines is 1. The average Bonchev–Trinajstić information content (AvgIpc) is 2.63. The van der Waals surface area contributed by atoms with E-state index in [1.807, 2.05) is 6.92 Å². The predicted octanol–water partition coefficient (Wildman–Crippen LogP) is 0.588. The molecule has 102 valence electrons. The Morgan fingerprint density at radius 3 is 2.84 bits per heavy atom. The first-order valence-electron chi connectivity index (χ1n) is 6.06. The molecular weight excluding hydrogens is 246 g/mol. The van der Waals surface area contributed by atoms with Crippen molar-refractivity contribution in [2.75, 3.05) is 5.43 Å². The SMILES string of the molecule is CCC1(C)NC(=O)N(Cc2cccnc2NN)C1=O. The van der Waals surface area contributed by atoms with Gasteiger partial charge in [0.2, 0.25) is 0 Å². The van der Waals surface area contributed by atoms with Crippen molar-refractivity contribution in [1.29, 1.82) is 0 Å². The lowest BCUT2D eigenvalue weighted by atomic mass is 9.99. The van der Waals surface area contributed by atoms with Gasteiger partial charge in [-0.1, -0.05) is 13.0 Å². The molecule has 1 saturated heterocycles. The summed E-state index contributed by atoms with van der Waals surface area (Å²) in [5.41, 5.74) is 2.32. The molecule has 2 rings (SSSR count). The van der Waals surface area contributed by atoms with Crippen molar-refractivity contribution in [2.24, 2.45) is 5.84 Å². The van der Waals surface area contributed by atoms with Crippen molar-refractivity contribution in [3.05, 3.63) is 23.9 Å². The summed E-state index contributed by atoms with van der Waals surface area (Å²) in [6, 6.07) is 3.11. The first-order chi connectivity index (χ1) is 9.01. The van der Waals surface area contributed by atoms with Gasteiger partial charge in [0.15, 0.2) is 0 Å². The number of amides is 3. The zero-order valence-electron chi connectivity index (χ0n) is 10.9. The normalized spacial score (nSPS) is 22.6. The van der Waals surface area contributed by atoms with E-state index in [9.17, 15) is 9.59 Å². The Kier molecular flexibility index (Phi) is 3.39. The molecule has 0 aliphatic carbocycles. The zero-order valence-corrected chi connectivity index (χ0v) is 10.9. The van der Waals surface area contributed by atoms with Crippen LogP contribution in [0.4, 0.5) is 10.6 Å². The number of aromatic nitrogens is 1. The minimum atomic E-state index is -0.824. The fourth-order valence-corrected chi connectivity index (χ4v) is 2.00. The Morgan fingerprint density at radius 2 is 2.26 bits per heavy atom. The van der Waals surface area contributed by atoms with Gasteiger partial charge >= 0.3 is 6.03 Å². The molecule has 1 aliphatic heterocycles. The summed E-state index contributed by atoms with van der Waals surface area (Å²) in [4.78, 5) is 29.4. The van der Waals surface area contributed by atoms with Gasteiger partial charge < -0.3 is 10.7 Å². The van der Waals surface area contributed by atoms with E-state index >= 15 is 0 Å². The Bertz CT molecular complexity index is 519. The van der Waals surface area contributed by atoms with Crippen molar-refractivity contribution in [2.45, 2.75) is 32.4 Å². The van der Waals surface area contributed by atoms with Crippen LogP contribution >= 0.6 is 0 Å². The number of carbonyl (C=O) groups is 2. The second-order valence-electron chi connectivity index (χ2n) is 4.66. The summed E-state index contributed by atoms with van der Waals surface area (Å²) in [6.45, 7) is 3.73. The highest BCUT2D eigenvalue weighted by molar-refractivity contribution is 6.06. The maximum Gasteiger partial charge on any atom is 0.325 e. The molecule has 4 N–H and O–H groups in total. The van der Waals surface area contributed by atoms with Gasteiger partial charge in [-0.3, -0.25) is 9.69 Å². The van der Waals surface area contributed by atoms with Gasteiger partial charge in [-0.25, -0.2) is 15.6 Å². The molecular formula is C12H17N5O2. The molecule has 3 amide bonds. The van der Waals surface area contributed by atoms with Gasteiger partial charge in [0.25, 0.3) is 5.91 Å². The van der Waals surface area contributed by atoms with Crippen molar-refractivity contribution in [3.63, 3.8) is 0 Å². The molecule has 0 radical (unpaired) electrons. The van der Waals surface area contributed by atoms with Gasteiger partial charge in [0.1, 0.15) is 11.4 Å². The van der Waals surface area contributed by atoms with Gasteiger partial charge in [0.05, 0.1) is 6.54 Å². The van der Waals surface area contributed by atoms with E-state index < -0.39 is 5.54 Å². The number of nitrogens with two attached hydrogens (primary N) is 1. The number of carbonyl (C=O) groups excluding carboxylic acids is 2. The number of hydrazine groups is 1. The van der Waals surface area contributed by atoms with E-state index in [1.165, 1.54) is 4.90 Å². The standard InChI is InChI=1S/C12H17N5O2/c1-3-12(2)10(18)17(11(19)15-12)7-8-5-4-6-14-9(8)16-13/h4-6H,3,7,13H2,1-2H3,(H,14,16)(H,15,19). The molecule has 2 heterocycles. The second kappa shape index (κ2) is 4.85. The van der Waals surface area contributed by atoms with Crippen molar-refractivity contribution in [3.8, 4) is 0 Å². The topological polar surface area (TPSA) is 100 Å². The second-order valence-corrected chi connectivity index (χ2v) is 4.66. The largest absolute Gasteiger partial charge is 0.325 e. The van der Waals surface area contributed by atoms with Gasteiger partial charge in [-0.2, -0.15) is 0 Å². The van der Waals surface area contributed by atoms with Gasteiger partial charge in [-0.05, 0) is 19.4 Å². The number of rotatable bonds is 4. The van der Waals surface area contributed by atoms with E-state index in [4.69, 9.17) is 5.84 Å². The molecule has 1 aromatic heterocycles. The van der Waals surface area contributed by atoms with Crippen LogP contribution in [-0.2, 0) is 11.3 Å². The monoisotopic (exact) mass is 263 g/mol. The smallest absolute Gasteiger partial charge is 0.323 e. The van der Waals surface area contributed by atoms with Gasteiger partial charge in [-0.15, -0.1) is 0 Å². The molecule has 1 atom stereocenters. The van der Waals surface area contributed by atoms with Crippen LogP contribution in [0, 0.1) is 0 Å². The average molecular weight is 263 g/mol. The van der Waals surface area contributed by atoms with Crippen LogP contribution < -0.4 is 16.6 Å². The van der Waals surface area contributed by atoms with Crippen molar-refractivity contribution < 1.29 is 9.59 Å². The van der Waals surface area contributed by atoms with E-state index in [1.54, 1.807) is 25.3 Å². The number of hydrogen-bond donors (Lipinski definition) is 3. The third-order valence-corrected chi connectivity index (χ3v) is 3.41. The van der Waals surface area contributed by atoms with E-state index in [0.29, 0.717) is 17.8 Å². The molecule has 1 unspecified atom stereocenters. The molecule has 0 aromatic carbocycles. The maximum absolute atomic E-state index is 12.2. The highest BCUT2D eigenvalue weighted by atomic mass is 16.2. The van der Waals surface area contributed by atoms with Crippen LogP contribution in [0.15, 0.2) is 18.3 Å². The Labute approximate surface area is 111 Å². The minimum Gasteiger partial charge on any atom is -0.323 e. The summed E-state index contributed by atoms with van der Waals surface area (Å²) >= 11 is 0. The molecule has 7 heteroatoms. The quantitative estimate of drug-likeness (QED) is 0.419. The summed E-state index contributed by atoms with van der Waals surface area (Å²) < 4.78 is 0. The van der Waals surface area contributed by atoms with Crippen molar-refractivity contribution >= 4 is 17.8 Å². The number of nitrogens with zero attached hydrogens (tertiary/aromatic N) is 2.